The maximum atomic E-state index is 5.07. The van der Waals surface area contributed by atoms with Crippen LogP contribution < -0.4 is 0 Å². The number of rotatable bonds is 2. The zero-order valence-electron chi connectivity index (χ0n) is 7.92. The molecule has 0 amide bonds. The van der Waals surface area contributed by atoms with Gasteiger partial charge in [-0.1, -0.05) is 12.1 Å². The lowest BCUT2D eigenvalue weighted by molar-refractivity contribution is 0.185. The van der Waals surface area contributed by atoms with Crippen molar-refractivity contribution in [1.82, 2.24) is 4.98 Å². The highest BCUT2D eigenvalue weighted by atomic mass is 16.5. The minimum absolute atomic E-state index is 0.675. The number of benzene rings is 1. The van der Waals surface area contributed by atoms with E-state index in [1.165, 1.54) is 22.2 Å². The molecule has 1 heterocycles. The average Bonchev–Trinajstić information content (AvgIpc) is 2.44. The van der Waals surface area contributed by atoms with Crippen molar-refractivity contribution in [3.8, 4) is 0 Å². The van der Waals surface area contributed by atoms with Gasteiger partial charge in [0.25, 0.3) is 0 Å². The van der Waals surface area contributed by atoms with Gasteiger partial charge in [-0.3, -0.25) is 0 Å². The predicted octanol–water partition coefficient (Wildman–Crippen LogP) is 2.62. The third-order valence-electron chi connectivity index (χ3n) is 2.13. The topological polar surface area (TPSA) is 25.0 Å². The van der Waals surface area contributed by atoms with Gasteiger partial charge in [0.2, 0.25) is 0 Å². The molecule has 13 heavy (non-hydrogen) atoms. The third-order valence-corrected chi connectivity index (χ3v) is 2.13. The van der Waals surface area contributed by atoms with Crippen LogP contribution >= 0.6 is 0 Å². The molecule has 2 rings (SSSR count). The number of aromatic amines is 1. The molecule has 0 bridgehead atoms. The number of fused-ring (bicyclic) bond motifs is 1. The highest BCUT2D eigenvalue weighted by Crippen LogP contribution is 2.16. The van der Waals surface area contributed by atoms with E-state index in [1.807, 2.05) is 0 Å². The van der Waals surface area contributed by atoms with Crippen molar-refractivity contribution < 1.29 is 4.74 Å². The van der Waals surface area contributed by atoms with Crippen LogP contribution in [0, 0.1) is 6.92 Å². The first-order chi connectivity index (χ1) is 6.29. The molecule has 2 aromatic rings. The van der Waals surface area contributed by atoms with Gasteiger partial charge in [0.05, 0.1) is 6.61 Å². The summed E-state index contributed by atoms with van der Waals surface area (Å²) < 4.78 is 5.07. The van der Waals surface area contributed by atoms with Crippen molar-refractivity contribution in [3.05, 3.63) is 35.5 Å². The zero-order chi connectivity index (χ0) is 9.26. The molecule has 0 aliphatic rings. The van der Waals surface area contributed by atoms with Crippen molar-refractivity contribution in [2.45, 2.75) is 13.5 Å². The Balaban J connectivity index is 2.48. The maximum Gasteiger partial charge on any atom is 0.0713 e. The molecule has 0 aliphatic carbocycles. The molecule has 0 aliphatic heterocycles. The number of hydrogen-bond donors (Lipinski definition) is 1. The van der Waals surface area contributed by atoms with Gasteiger partial charge in [0.15, 0.2) is 0 Å². The van der Waals surface area contributed by atoms with Crippen LogP contribution in [0.4, 0.5) is 0 Å². The summed E-state index contributed by atoms with van der Waals surface area (Å²) in [4.78, 5) is 3.30. The van der Waals surface area contributed by atoms with E-state index in [0.29, 0.717) is 6.61 Å². The highest BCUT2D eigenvalue weighted by molar-refractivity contribution is 5.80. The Morgan fingerprint density at radius 1 is 1.31 bits per heavy atom. The molecule has 1 N–H and O–H groups in total. The molecule has 0 atom stereocenters. The number of ether oxygens (including phenoxy) is 1. The minimum Gasteiger partial charge on any atom is -0.380 e. The summed E-state index contributed by atoms with van der Waals surface area (Å²) >= 11 is 0. The van der Waals surface area contributed by atoms with E-state index in [1.54, 1.807) is 7.11 Å². The Morgan fingerprint density at radius 3 is 2.92 bits per heavy atom. The molecule has 0 saturated carbocycles. The number of hydrogen-bond acceptors (Lipinski definition) is 1. The van der Waals surface area contributed by atoms with Gasteiger partial charge in [0.1, 0.15) is 0 Å². The van der Waals surface area contributed by atoms with Crippen LogP contribution in [0.2, 0.25) is 0 Å². The van der Waals surface area contributed by atoms with Gasteiger partial charge in [-0.2, -0.15) is 0 Å². The fourth-order valence-electron chi connectivity index (χ4n) is 1.58. The van der Waals surface area contributed by atoms with Crippen molar-refractivity contribution in [2.24, 2.45) is 0 Å². The molecular weight excluding hydrogens is 162 g/mol. The summed E-state index contributed by atoms with van der Waals surface area (Å²) in [7, 11) is 1.71. The van der Waals surface area contributed by atoms with E-state index in [0.717, 1.165) is 0 Å². The van der Waals surface area contributed by atoms with E-state index in [-0.39, 0.29) is 0 Å². The largest absolute Gasteiger partial charge is 0.380 e. The average molecular weight is 175 g/mol. The van der Waals surface area contributed by atoms with Gasteiger partial charge in [-0.15, -0.1) is 0 Å². The fourth-order valence-corrected chi connectivity index (χ4v) is 1.58. The third kappa shape index (κ3) is 1.58. The van der Waals surface area contributed by atoms with Crippen LogP contribution in [0.3, 0.4) is 0 Å². The summed E-state index contributed by atoms with van der Waals surface area (Å²) in [6, 6.07) is 8.49. The van der Waals surface area contributed by atoms with E-state index in [2.05, 4.69) is 36.2 Å². The van der Waals surface area contributed by atoms with Gasteiger partial charge in [-0.05, 0) is 30.0 Å². The second kappa shape index (κ2) is 3.23. The van der Waals surface area contributed by atoms with Crippen LogP contribution in [0.25, 0.3) is 10.9 Å². The molecule has 0 unspecified atom stereocenters. The summed E-state index contributed by atoms with van der Waals surface area (Å²) in [5.41, 5.74) is 3.59. The maximum absolute atomic E-state index is 5.07. The smallest absolute Gasteiger partial charge is 0.0713 e. The van der Waals surface area contributed by atoms with E-state index in [9.17, 15) is 0 Å². The Labute approximate surface area is 77.5 Å². The first-order valence-electron chi connectivity index (χ1n) is 4.37. The van der Waals surface area contributed by atoms with Crippen molar-refractivity contribution >= 4 is 10.9 Å². The van der Waals surface area contributed by atoms with Crippen molar-refractivity contribution in [1.29, 1.82) is 0 Å². The van der Waals surface area contributed by atoms with Crippen LogP contribution in [0.5, 0.6) is 0 Å². The SMILES string of the molecule is COCc1ccc2cc(C)[nH]c2c1. The highest BCUT2D eigenvalue weighted by Gasteiger charge is 1.98. The van der Waals surface area contributed by atoms with Crippen LogP contribution in [0.15, 0.2) is 24.3 Å². The lowest BCUT2D eigenvalue weighted by Gasteiger charge is -1.98. The van der Waals surface area contributed by atoms with Gasteiger partial charge < -0.3 is 9.72 Å². The molecule has 2 heteroatoms. The second-order valence-corrected chi connectivity index (χ2v) is 3.31. The Kier molecular flexibility index (Phi) is 2.07. The second-order valence-electron chi connectivity index (χ2n) is 3.31. The number of nitrogens with one attached hydrogen (secondary N) is 1. The summed E-state index contributed by atoms with van der Waals surface area (Å²) in [5, 5.41) is 1.26. The first kappa shape index (κ1) is 8.32. The van der Waals surface area contributed by atoms with Crippen molar-refractivity contribution in [2.75, 3.05) is 7.11 Å². The Hall–Kier alpha value is -1.28. The molecule has 2 nitrogen and oxygen atoms in total. The fraction of sp³-hybridized carbons (Fsp3) is 0.273. The lowest BCUT2D eigenvalue weighted by atomic mass is 10.2. The standard InChI is InChI=1S/C11H13NO/c1-8-5-10-4-3-9(7-13-2)6-11(10)12-8/h3-6,12H,7H2,1-2H3. The van der Waals surface area contributed by atoms with Gasteiger partial charge in [-0.25, -0.2) is 0 Å². The molecule has 1 aromatic carbocycles. The number of aromatic nitrogens is 1. The molecule has 0 radical (unpaired) electrons. The van der Waals surface area contributed by atoms with Crippen LogP contribution in [-0.2, 0) is 11.3 Å². The first-order valence-corrected chi connectivity index (χ1v) is 4.37. The summed E-state index contributed by atoms with van der Waals surface area (Å²) in [6.07, 6.45) is 0. The number of methoxy groups -OCH3 is 1. The monoisotopic (exact) mass is 175 g/mol. The predicted molar refractivity (Wildman–Crippen MR) is 53.7 cm³/mol. The van der Waals surface area contributed by atoms with E-state index < -0.39 is 0 Å². The molecule has 0 saturated heterocycles. The molecular formula is C11H13NO. The summed E-state index contributed by atoms with van der Waals surface area (Å²) in [5.74, 6) is 0. The quantitative estimate of drug-likeness (QED) is 0.745. The van der Waals surface area contributed by atoms with E-state index in [4.69, 9.17) is 4.74 Å². The van der Waals surface area contributed by atoms with Crippen LogP contribution in [-0.4, -0.2) is 12.1 Å². The number of H-pyrrole nitrogens is 1. The summed E-state index contributed by atoms with van der Waals surface area (Å²) in [6.45, 7) is 2.74. The zero-order valence-corrected chi connectivity index (χ0v) is 7.92. The minimum atomic E-state index is 0.675. The molecule has 68 valence electrons. The van der Waals surface area contributed by atoms with Gasteiger partial charge >= 0.3 is 0 Å². The van der Waals surface area contributed by atoms with Crippen molar-refractivity contribution in [3.63, 3.8) is 0 Å². The Morgan fingerprint density at radius 2 is 2.15 bits per heavy atom. The molecule has 0 spiro atoms. The van der Waals surface area contributed by atoms with Gasteiger partial charge in [0, 0.05) is 18.3 Å². The molecule has 0 fully saturated rings. The lowest BCUT2D eigenvalue weighted by Crippen LogP contribution is -1.86. The Bertz CT molecular complexity index is 417. The van der Waals surface area contributed by atoms with Crippen LogP contribution in [0.1, 0.15) is 11.3 Å². The normalized spacial score (nSPS) is 10.9. The molecule has 1 aromatic heterocycles. The van der Waals surface area contributed by atoms with E-state index >= 15 is 0 Å². The number of aryl methyl sites for hydroxylation is 1.